The predicted molar refractivity (Wildman–Crippen MR) is 81.4 cm³/mol. The fraction of sp³-hybridized carbons (Fsp3) is 0.412. The van der Waals surface area contributed by atoms with Gasteiger partial charge in [-0.3, -0.25) is 4.79 Å². The molecule has 1 atom stereocenters. The molecule has 0 heterocycles. The van der Waals surface area contributed by atoms with Gasteiger partial charge >= 0.3 is 12.1 Å². The van der Waals surface area contributed by atoms with E-state index >= 15 is 0 Å². The van der Waals surface area contributed by atoms with Crippen molar-refractivity contribution >= 4 is 11.9 Å². The van der Waals surface area contributed by atoms with E-state index in [1.165, 1.54) is 12.1 Å². The SMILES string of the molecule is C/C=C/CC(NC(=O)C1(c2cccc(C(F)(F)F)c2)CC1)C(=O)O. The zero-order valence-electron chi connectivity index (χ0n) is 13.1. The number of hydrogen-bond donors (Lipinski definition) is 2. The summed E-state index contributed by atoms with van der Waals surface area (Å²) in [5.74, 6) is -1.72. The molecule has 0 spiro atoms. The fourth-order valence-electron chi connectivity index (χ4n) is 2.56. The molecule has 0 aliphatic heterocycles. The predicted octanol–water partition coefficient (Wildman–Crippen LogP) is 3.27. The van der Waals surface area contributed by atoms with E-state index in [0.29, 0.717) is 12.8 Å². The number of carboxylic acids is 1. The highest BCUT2D eigenvalue weighted by Gasteiger charge is 2.52. The van der Waals surface area contributed by atoms with Crippen molar-refractivity contribution in [2.75, 3.05) is 0 Å². The number of aliphatic carboxylic acids is 1. The Bertz CT molecular complexity index is 663. The Kier molecular flexibility index (Phi) is 5.01. The first-order chi connectivity index (χ1) is 11.2. The molecule has 1 saturated carbocycles. The van der Waals surface area contributed by atoms with Crippen molar-refractivity contribution in [1.82, 2.24) is 5.32 Å². The third kappa shape index (κ3) is 3.77. The third-order valence-corrected chi connectivity index (χ3v) is 4.14. The Hall–Kier alpha value is -2.31. The van der Waals surface area contributed by atoms with E-state index in [9.17, 15) is 22.8 Å². The third-order valence-electron chi connectivity index (χ3n) is 4.14. The van der Waals surface area contributed by atoms with Crippen LogP contribution in [0.4, 0.5) is 13.2 Å². The monoisotopic (exact) mass is 341 g/mol. The number of carbonyl (C=O) groups is 2. The molecule has 0 saturated heterocycles. The van der Waals surface area contributed by atoms with Gasteiger partial charge in [-0.25, -0.2) is 4.79 Å². The average molecular weight is 341 g/mol. The summed E-state index contributed by atoms with van der Waals surface area (Å²) in [4.78, 5) is 23.7. The first kappa shape index (κ1) is 18.0. The number of alkyl halides is 3. The smallest absolute Gasteiger partial charge is 0.416 e. The van der Waals surface area contributed by atoms with Gasteiger partial charge in [-0.1, -0.05) is 30.4 Å². The van der Waals surface area contributed by atoms with Gasteiger partial charge in [0.25, 0.3) is 0 Å². The van der Waals surface area contributed by atoms with Crippen LogP contribution in [-0.2, 0) is 21.2 Å². The number of amides is 1. The summed E-state index contributed by atoms with van der Waals surface area (Å²) in [6.07, 6.45) is -0.286. The summed E-state index contributed by atoms with van der Waals surface area (Å²) in [5, 5.41) is 11.6. The van der Waals surface area contributed by atoms with Crippen LogP contribution < -0.4 is 5.32 Å². The molecule has 0 radical (unpaired) electrons. The second kappa shape index (κ2) is 6.67. The average Bonchev–Trinajstić information content (AvgIpc) is 3.32. The number of allylic oxidation sites excluding steroid dienone is 1. The lowest BCUT2D eigenvalue weighted by atomic mass is 9.92. The molecule has 24 heavy (non-hydrogen) atoms. The summed E-state index contributed by atoms with van der Waals surface area (Å²) in [7, 11) is 0. The molecule has 1 unspecified atom stereocenters. The second-order valence-electron chi connectivity index (χ2n) is 5.83. The van der Waals surface area contributed by atoms with Crippen molar-refractivity contribution in [2.45, 2.75) is 43.8 Å². The highest BCUT2D eigenvalue weighted by Crippen LogP contribution is 2.49. The molecular formula is C17H18F3NO3. The second-order valence-corrected chi connectivity index (χ2v) is 5.83. The van der Waals surface area contributed by atoms with Crippen LogP contribution >= 0.6 is 0 Å². The normalized spacial score (nSPS) is 17.5. The minimum Gasteiger partial charge on any atom is -0.480 e. The van der Waals surface area contributed by atoms with Crippen LogP contribution in [0.25, 0.3) is 0 Å². The van der Waals surface area contributed by atoms with Crippen LogP contribution in [0.5, 0.6) is 0 Å². The van der Waals surface area contributed by atoms with Gasteiger partial charge < -0.3 is 10.4 Å². The van der Waals surface area contributed by atoms with Gasteiger partial charge in [0.1, 0.15) is 6.04 Å². The van der Waals surface area contributed by atoms with Crippen molar-refractivity contribution in [2.24, 2.45) is 0 Å². The van der Waals surface area contributed by atoms with Gasteiger partial charge in [0.15, 0.2) is 0 Å². The molecule has 2 rings (SSSR count). The van der Waals surface area contributed by atoms with Crippen molar-refractivity contribution in [3.05, 3.63) is 47.5 Å². The number of rotatable bonds is 6. The van der Waals surface area contributed by atoms with Crippen LogP contribution in [-0.4, -0.2) is 23.0 Å². The molecule has 1 aliphatic carbocycles. The number of carboxylic acid groups (broad SMARTS) is 1. The lowest BCUT2D eigenvalue weighted by Crippen LogP contribution is -2.45. The Morgan fingerprint density at radius 1 is 1.38 bits per heavy atom. The van der Waals surface area contributed by atoms with Crippen LogP contribution in [0.1, 0.15) is 37.3 Å². The Morgan fingerprint density at radius 3 is 2.54 bits per heavy atom. The van der Waals surface area contributed by atoms with E-state index in [-0.39, 0.29) is 12.0 Å². The molecule has 1 aromatic carbocycles. The maximum Gasteiger partial charge on any atom is 0.416 e. The van der Waals surface area contributed by atoms with E-state index in [0.717, 1.165) is 12.1 Å². The van der Waals surface area contributed by atoms with Gasteiger partial charge in [0.05, 0.1) is 11.0 Å². The number of benzene rings is 1. The van der Waals surface area contributed by atoms with E-state index in [1.54, 1.807) is 19.1 Å². The van der Waals surface area contributed by atoms with Crippen molar-refractivity contribution in [1.29, 1.82) is 0 Å². The van der Waals surface area contributed by atoms with Gasteiger partial charge in [-0.05, 0) is 37.8 Å². The lowest BCUT2D eigenvalue weighted by Gasteiger charge is -2.20. The number of carbonyl (C=O) groups excluding carboxylic acids is 1. The van der Waals surface area contributed by atoms with E-state index < -0.39 is 35.1 Å². The van der Waals surface area contributed by atoms with E-state index in [4.69, 9.17) is 5.11 Å². The topological polar surface area (TPSA) is 66.4 Å². The Morgan fingerprint density at radius 2 is 2.04 bits per heavy atom. The van der Waals surface area contributed by atoms with E-state index in [1.807, 2.05) is 0 Å². The Balaban J connectivity index is 2.21. The fourth-order valence-corrected chi connectivity index (χ4v) is 2.56. The highest BCUT2D eigenvalue weighted by molar-refractivity contribution is 5.94. The largest absolute Gasteiger partial charge is 0.480 e. The molecule has 1 fully saturated rings. The number of halogens is 3. The van der Waals surface area contributed by atoms with E-state index in [2.05, 4.69) is 5.32 Å². The zero-order valence-corrected chi connectivity index (χ0v) is 13.1. The quantitative estimate of drug-likeness (QED) is 0.781. The van der Waals surface area contributed by atoms with Crippen LogP contribution in [0.2, 0.25) is 0 Å². The lowest BCUT2D eigenvalue weighted by molar-refractivity contribution is -0.142. The first-order valence-corrected chi connectivity index (χ1v) is 7.53. The molecule has 0 bridgehead atoms. The summed E-state index contributed by atoms with van der Waals surface area (Å²) in [6.45, 7) is 1.73. The zero-order chi connectivity index (χ0) is 18.0. The molecule has 2 N–H and O–H groups in total. The molecular weight excluding hydrogens is 323 g/mol. The van der Waals surface area contributed by atoms with Crippen LogP contribution in [0.15, 0.2) is 36.4 Å². The first-order valence-electron chi connectivity index (χ1n) is 7.53. The Labute approximate surface area is 137 Å². The molecule has 130 valence electrons. The van der Waals surface area contributed by atoms with Crippen molar-refractivity contribution in [3.8, 4) is 0 Å². The summed E-state index contributed by atoms with van der Waals surface area (Å²) < 4.78 is 38.5. The molecule has 7 heteroatoms. The molecule has 1 amide bonds. The van der Waals surface area contributed by atoms with Crippen LogP contribution in [0.3, 0.4) is 0 Å². The summed E-state index contributed by atoms with van der Waals surface area (Å²) in [5.41, 5.74) is -1.61. The summed E-state index contributed by atoms with van der Waals surface area (Å²) >= 11 is 0. The van der Waals surface area contributed by atoms with Crippen molar-refractivity contribution in [3.63, 3.8) is 0 Å². The van der Waals surface area contributed by atoms with Gasteiger partial charge in [0, 0.05) is 0 Å². The summed E-state index contributed by atoms with van der Waals surface area (Å²) in [6, 6.07) is 3.55. The van der Waals surface area contributed by atoms with Crippen LogP contribution in [0, 0.1) is 0 Å². The van der Waals surface area contributed by atoms with Gasteiger partial charge in [-0.15, -0.1) is 0 Å². The maximum absolute atomic E-state index is 12.8. The number of nitrogens with one attached hydrogen (secondary N) is 1. The molecule has 4 nitrogen and oxygen atoms in total. The minimum absolute atomic E-state index is 0.121. The van der Waals surface area contributed by atoms with Crippen molar-refractivity contribution < 1.29 is 27.9 Å². The van der Waals surface area contributed by atoms with Gasteiger partial charge in [0.2, 0.25) is 5.91 Å². The highest BCUT2D eigenvalue weighted by atomic mass is 19.4. The molecule has 1 aromatic rings. The number of hydrogen-bond acceptors (Lipinski definition) is 2. The molecule has 0 aromatic heterocycles. The molecule has 1 aliphatic rings. The minimum atomic E-state index is -4.49. The standard InChI is InChI=1S/C17H18F3NO3/c1-2-3-7-13(14(22)23)21-15(24)16(8-9-16)11-5-4-6-12(10-11)17(18,19)20/h2-6,10,13H,7-9H2,1H3,(H,21,24)(H,22,23)/b3-2+. The maximum atomic E-state index is 12.8. The van der Waals surface area contributed by atoms with Gasteiger partial charge in [-0.2, -0.15) is 13.2 Å².